The molecule has 1 atom stereocenters. The Balaban J connectivity index is 1.81. The van der Waals surface area contributed by atoms with Crippen LogP contribution in [-0.4, -0.2) is 19.3 Å². The van der Waals surface area contributed by atoms with Gasteiger partial charge >= 0.3 is 6.18 Å². The molecule has 4 nitrogen and oxygen atoms in total. The molecule has 0 aromatic heterocycles. The molecule has 2 aliphatic rings. The van der Waals surface area contributed by atoms with Crippen molar-refractivity contribution in [2.45, 2.75) is 42.8 Å². The summed E-state index contributed by atoms with van der Waals surface area (Å²) >= 11 is 0. The van der Waals surface area contributed by atoms with Crippen molar-refractivity contribution in [3.63, 3.8) is 0 Å². The molecule has 2 N–H and O–H groups in total. The predicted molar refractivity (Wildman–Crippen MR) is 95.6 cm³/mol. The van der Waals surface area contributed by atoms with Crippen LogP contribution in [-0.2, 0) is 29.0 Å². The number of anilines is 1. The summed E-state index contributed by atoms with van der Waals surface area (Å²) in [6, 6.07) is 8.05. The summed E-state index contributed by atoms with van der Waals surface area (Å²) in [5.41, 5.74) is 7.93. The lowest BCUT2D eigenvalue weighted by atomic mass is 10.1. The number of fused-ring (bicyclic) bond motifs is 2. The lowest BCUT2D eigenvalue weighted by Gasteiger charge is -2.28. The van der Waals surface area contributed by atoms with Crippen molar-refractivity contribution in [3.8, 4) is 0 Å². The second-order valence-electron chi connectivity index (χ2n) is 7.01. The molecule has 2 aromatic rings. The zero-order chi connectivity index (χ0) is 19.4. The standard InChI is InChI=1S/C19H19F3N2O2S/c20-19(21,22)13-7-6-12-3-2-10-24(27(25,26)18(12)11-13)17-9-8-14-15(17)4-1-5-16(14)23/h1,4-7,11,17H,2-3,8-10,23H2. The third kappa shape index (κ3) is 3.00. The van der Waals surface area contributed by atoms with Crippen LogP contribution < -0.4 is 5.73 Å². The van der Waals surface area contributed by atoms with E-state index >= 15 is 0 Å². The molecule has 8 heteroatoms. The van der Waals surface area contributed by atoms with Gasteiger partial charge in [0.1, 0.15) is 0 Å². The molecule has 0 radical (unpaired) electrons. The number of aryl methyl sites for hydroxylation is 1. The Hall–Kier alpha value is -2.06. The van der Waals surface area contributed by atoms with Crippen LogP contribution in [0.1, 0.15) is 41.1 Å². The van der Waals surface area contributed by atoms with Gasteiger partial charge in [0.15, 0.2) is 0 Å². The molecule has 2 aromatic carbocycles. The zero-order valence-electron chi connectivity index (χ0n) is 14.5. The molecule has 1 heterocycles. The van der Waals surface area contributed by atoms with Crippen LogP contribution in [0.25, 0.3) is 0 Å². The fourth-order valence-corrected chi connectivity index (χ4v) is 6.09. The topological polar surface area (TPSA) is 63.4 Å². The van der Waals surface area contributed by atoms with E-state index in [0.29, 0.717) is 36.9 Å². The maximum atomic E-state index is 13.3. The van der Waals surface area contributed by atoms with E-state index in [0.717, 1.165) is 23.3 Å². The van der Waals surface area contributed by atoms with Gasteiger partial charge in [-0.05, 0) is 60.6 Å². The Morgan fingerprint density at radius 2 is 1.89 bits per heavy atom. The van der Waals surface area contributed by atoms with Crippen molar-refractivity contribution in [2.24, 2.45) is 0 Å². The highest BCUT2D eigenvalue weighted by molar-refractivity contribution is 7.89. The molecule has 144 valence electrons. The van der Waals surface area contributed by atoms with Gasteiger partial charge in [-0.2, -0.15) is 17.5 Å². The van der Waals surface area contributed by atoms with Gasteiger partial charge in [-0.25, -0.2) is 8.42 Å². The van der Waals surface area contributed by atoms with Crippen LogP contribution in [0.15, 0.2) is 41.3 Å². The Morgan fingerprint density at radius 1 is 1.11 bits per heavy atom. The number of nitrogens with zero attached hydrogens (tertiary/aromatic N) is 1. The summed E-state index contributed by atoms with van der Waals surface area (Å²) in [4.78, 5) is -0.229. The normalized spacial score (nSPS) is 22.1. The van der Waals surface area contributed by atoms with E-state index in [2.05, 4.69) is 0 Å². The molecule has 4 rings (SSSR count). The molecule has 27 heavy (non-hydrogen) atoms. The van der Waals surface area contributed by atoms with Gasteiger partial charge < -0.3 is 5.73 Å². The highest BCUT2D eigenvalue weighted by Crippen LogP contribution is 2.43. The average molecular weight is 396 g/mol. The molecule has 0 bridgehead atoms. The van der Waals surface area contributed by atoms with Crippen molar-refractivity contribution in [1.82, 2.24) is 4.31 Å². The Labute approximate surface area is 155 Å². The molecule has 1 aliphatic heterocycles. The van der Waals surface area contributed by atoms with Gasteiger partial charge in [0.25, 0.3) is 0 Å². The third-order valence-corrected chi connectivity index (χ3v) is 7.42. The van der Waals surface area contributed by atoms with Gasteiger partial charge in [-0.15, -0.1) is 0 Å². The molecule has 0 saturated heterocycles. The number of nitrogen functional groups attached to an aromatic ring is 1. The molecule has 1 aliphatic carbocycles. The minimum atomic E-state index is -4.59. The summed E-state index contributed by atoms with van der Waals surface area (Å²) in [5, 5.41) is 0. The number of hydrogen-bond donors (Lipinski definition) is 1. The number of halogens is 3. The van der Waals surface area contributed by atoms with Crippen LogP contribution in [0.3, 0.4) is 0 Å². The fraction of sp³-hybridized carbons (Fsp3) is 0.368. The second kappa shape index (κ2) is 6.24. The third-order valence-electron chi connectivity index (χ3n) is 5.43. The van der Waals surface area contributed by atoms with Crippen LogP contribution >= 0.6 is 0 Å². The molecule has 0 spiro atoms. The summed E-state index contributed by atoms with van der Waals surface area (Å²) in [7, 11) is -4.05. The number of sulfonamides is 1. The first-order valence-corrected chi connectivity index (χ1v) is 10.2. The fourth-order valence-electron chi connectivity index (χ4n) is 4.13. The average Bonchev–Trinajstić information content (AvgIpc) is 2.97. The first-order valence-electron chi connectivity index (χ1n) is 8.79. The number of nitrogens with two attached hydrogens (primary N) is 1. The van der Waals surface area contributed by atoms with Crippen molar-refractivity contribution >= 4 is 15.7 Å². The summed E-state index contributed by atoms with van der Waals surface area (Å²) in [6.07, 6.45) is -2.35. The molecular weight excluding hydrogens is 377 g/mol. The van der Waals surface area contributed by atoms with Gasteiger partial charge in [0.2, 0.25) is 10.0 Å². The van der Waals surface area contributed by atoms with E-state index in [-0.39, 0.29) is 11.4 Å². The van der Waals surface area contributed by atoms with E-state index in [9.17, 15) is 21.6 Å². The van der Waals surface area contributed by atoms with Crippen LogP contribution in [0.4, 0.5) is 18.9 Å². The molecule has 1 unspecified atom stereocenters. The Kier molecular flexibility index (Phi) is 4.23. The first kappa shape index (κ1) is 18.3. The minimum absolute atomic E-state index is 0.229. The smallest absolute Gasteiger partial charge is 0.398 e. The van der Waals surface area contributed by atoms with Crippen molar-refractivity contribution < 1.29 is 21.6 Å². The quantitative estimate of drug-likeness (QED) is 0.744. The monoisotopic (exact) mass is 396 g/mol. The highest BCUT2D eigenvalue weighted by Gasteiger charge is 2.40. The van der Waals surface area contributed by atoms with E-state index < -0.39 is 27.8 Å². The van der Waals surface area contributed by atoms with Crippen molar-refractivity contribution in [3.05, 3.63) is 58.7 Å². The van der Waals surface area contributed by atoms with Crippen molar-refractivity contribution in [2.75, 3.05) is 12.3 Å². The molecule has 0 saturated carbocycles. The largest absolute Gasteiger partial charge is 0.416 e. The lowest BCUT2D eigenvalue weighted by Crippen LogP contribution is -2.34. The van der Waals surface area contributed by atoms with E-state index in [4.69, 9.17) is 5.73 Å². The Bertz CT molecular complexity index is 1000. The zero-order valence-corrected chi connectivity index (χ0v) is 15.3. The molecule has 0 amide bonds. The highest BCUT2D eigenvalue weighted by atomic mass is 32.2. The maximum Gasteiger partial charge on any atom is 0.416 e. The summed E-state index contributed by atoms with van der Waals surface area (Å²) in [5.74, 6) is 0. The van der Waals surface area contributed by atoms with Crippen LogP contribution in [0.2, 0.25) is 0 Å². The first-order chi connectivity index (χ1) is 12.7. The van der Waals surface area contributed by atoms with Gasteiger partial charge in [0.05, 0.1) is 16.5 Å². The Morgan fingerprint density at radius 3 is 2.63 bits per heavy atom. The summed E-state index contributed by atoms with van der Waals surface area (Å²) in [6.45, 7) is 0.275. The van der Waals surface area contributed by atoms with E-state index in [1.807, 2.05) is 6.07 Å². The lowest BCUT2D eigenvalue weighted by molar-refractivity contribution is -0.137. The SMILES string of the molecule is Nc1cccc2c1CCC2N1CCCc2ccc(C(F)(F)F)cc2S1(=O)=O. The van der Waals surface area contributed by atoms with Crippen molar-refractivity contribution in [1.29, 1.82) is 0 Å². The number of benzene rings is 2. The molecular formula is C19H19F3N2O2S. The van der Waals surface area contributed by atoms with Gasteiger partial charge in [-0.3, -0.25) is 0 Å². The maximum absolute atomic E-state index is 13.3. The second-order valence-corrected chi connectivity index (χ2v) is 8.87. The molecule has 0 fully saturated rings. The van der Waals surface area contributed by atoms with Gasteiger partial charge in [-0.1, -0.05) is 18.2 Å². The number of hydrogen-bond acceptors (Lipinski definition) is 3. The van der Waals surface area contributed by atoms with Gasteiger partial charge in [0, 0.05) is 12.2 Å². The van der Waals surface area contributed by atoms with Crippen LogP contribution in [0.5, 0.6) is 0 Å². The van der Waals surface area contributed by atoms with E-state index in [1.54, 1.807) is 12.1 Å². The minimum Gasteiger partial charge on any atom is -0.398 e. The summed E-state index contributed by atoms with van der Waals surface area (Å²) < 4.78 is 67.4. The number of alkyl halides is 3. The van der Waals surface area contributed by atoms with Crippen LogP contribution in [0, 0.1) is 0 Å². The number of rotatable bonds is 1. The predicted octanol–water partition coefficient (Wildman–Crippen LogP) is 3.91. The van der Waals surface area contributed by atoms with E-state index in [1.165, 1.54) is 10.4 Å².